The van der Waals surface area contributed by atoms with Crippen molar-refractivity contribution in [2.75, 3.05) is 13.2 Å². The second-order valence-corrected chi connectivity index (χ2v) is 3.73. The maximum absolute atomic E-state index is 11.1. The van der Waals surface area contributed by atoms with Crippen LogP contribution in [0.15, 0.2) is 0 Å². The molecule has 3 heteroatoms. The van der Waals surface area contributed by atoms with Crippen molar-refractivity contribution in [3.8, 4) is 0 Å². The lowest BCUT2D eigenvalue weighted by molar-refractivity contribution is -0.122. The first-order chi connectivity index (χ1) is 6.02. The van der Waals surface area contributed by atoms with Gasteiger partial charge in [-0.2, -0.15) is 0 Å². The van der Waals surface area contributed by atoms with E-state index in [1.165, 1.54) is 0 Å². The zero-order valence-corrected chi connectivity index (χ0v) is 9.14. The van der Waals surface area contributed by atoms with E-state index >= 15 is 0 Å². The topological polar surface area (TPSA) is 38.3 Å². The molecular weight excluding hydrogens is 166 g/mol. The van der Waals surface area contributed by atoms with Gasteiger partial charge in [0.2, 0.25) is 5.91 Å². The molecule has 0 aliphatic rings. The molecule has 0 fully saturated rings. The summed E-state index contributed by atoms with van der Waals surface area (Å²) in [5, 5.41) is 2.95. The molecule has 13 heavy (non-hydrogen) atoms. The molecule has 1 N–H and O–H groups in total. The molecule has 0 heterocycles. The first-order valence-electron chi connectivity index (χ1n) is 4.90. The maximum Gasteiger partial charge on any atom is 0.220 e. The number of rotatable bonds is 6. The van der Waals surface area contributed by atoms with Crippen molar-refractivity contribution >= 4 is 5.91 Å². The summed E-state index contributed by atoms with van der Waals surface area (Å²) in [6.45, 7) is 9.29. The molecule has 0 aromatic heterocycles. The fourth-order valence-electron chi connectivity index (χ4n) is 1.000. The van der Waals surface area contributed by atoms with Gasteiger partial charge in [-0.1, -0.05) is 6.92 Å². The van der Waals surface area contributed by atoms with Crippen molar-refractivity contribution in [3.63, 3.8) is 0 Å². The van der Waals surface area contributed by atoms with Crippen LogP contribution in [-0.4, -0.2) is 24.7 Å². The summed E-state index contributed by atoms with van der Waals surface area (Å²) in [6, 6.07) is 0. The molecule has 0 saturated carbocycles. The number of carbonyl (C=O) groups excluding carboxylic acids is 1. The second-order valence-electron chi connectivity index (χ2n) is 3.73. The highest BCUT2D eigenvalue weighted by Crippen LogP contribution is 2.08. The van der Waals surface area contributed by atoms with Crippen molar-refractivity contribution in [2.24, 2.45) is 0 Å². The molecule has 3 nitrogen and oxygen atoms in total. The third-order valence-corrected chi connectivity index (χ3v) is 1.87. The Hall–Kier alpha value is -0.570. The van der Waals surface area contributed by atoms with Gasteiger partial charge in [0.15, 0.2) is 0 Å². The molecule has 0 radical (unpaired) electrons. The molecule has 0 rings (SSSR count). The van der Waals surface area contributed by atoms with Crippen LogP contribution in [0.4, 0.5) is 0 Å². The molecule has 0 unspecified atom stereocenters. The zero-order valence-electron chi connectivity index (χ0n) is 9.14. The van der Waals surface area contributed by atoms with Crippen LogP contribution in [-0.2, 0) is 9.53 Å². The van der Waals surface area contributed by atoms with Gasteiger partial charge in [-0.3, -0.25) is 4.79 Å². The van der Waals surface area contributed by atoms with E-state index in [4.69, 9.17) is 4.74 Å². The van der Waals surface area contributed by atoms with Gasteiger partial charge in [-0.15, -0.1) is 0 Å². The van der Waals surface area contributed by atoms with Gasteiger partial charge >= 0.3 is 0 Å². The van der Waals surface area contributed by atoms with Crippen LogP contribution in [0.1, 0.15) is 40.5 Å². The number of hydrogen-bond acceptors (Lipinski definition) is 2. The van der Waals surface area contributed by atoms with Crippen LogP contribution in [0.25, 0.3) is 0 Å². The Morgan fingerprint density at radius 2 is 2.00 bits per heavy atom. The van der Waals surface area contributed by atoms with Gasteiger partial charge in [0, 0.05) is 25.2 Å². The minimum atomic E-state index is -0.151. The predicted molar refractivity (Wildman–Crippen MR) is 53.6 cm³/mol. The lowest BCUT2D eigenvalue weighted by Gasteiger charge is -2.25. The molecule has 0 aromatic carbocycles. The summed E-state index contributed by atoms with van der Waals surface area (Å²) in [5.74, 6) is 0.0986. The van der Waals surface area contributed by atoms with Gasteiger partial charge in [-0.25, -0.2) is 0 Å². The highest BCUT2D eigenvalue weighted by atomic mass is 16.5. The second kappa shape index (κ2) is 5.97. The lowest BCUT2D eigenvalue weighted by Crippen LogP contribution is -2.43. The van der Waals surface area contributed by atoms with Crippen molar-refractivity contribution < 1.29 is 9.53 Å². The third-order valence-electron chi connectivity index (χ3n) is 1.87. The van der Waals surface area contributed by atoms with E-state index in [2.05, 4.69) is 5.32 Å². The minimum absolute atomic E-state index is 0.0986. The minimum Gasteiger partial charge on any atom is -0.382 e. The van der Waals surface area contributed by atoms with Crippen LogP contribution in [0.5, 0.6) is 0 Å². The summed E-state index contributed by atoms with van der Waals surface area (Å²) in [5.41, 5.74) is -0.151. The Balaban J connectivity index is 3.72. The molecule has 0 saturated heterocycles. The van der Waals surface area contributed by atoms with Gasteiger partial charge < -0.3 is 10.1 Å². The first kappa shape index (κ1) is 12.4. The largest absolute Gasteiger partial charge is 0.382 e. The maximum atomic E-state index is 11.1. The molecule has 0 aliphatic carbocycles. The Kier molecular flexibility index (Phi) is 5.71. The normalized spacial score (nSPS) is 11.4. The first-order valence-corrected chi connectivity index (χ1v) is 4.90. The number of nitrogens with one attached hydrogen (secondary N) is 1. The monoisotopic (exact) mass is 187 g/mol. The fourth-order valence-corrected chi connectivity index (χ4v) is 1.000. The number of hydrogen-bond donors (Lipinski definition) is 1. The van der Waals surface area contributed by atoms with Crippen molar-refractivity contribution in [1.82, 2.24) is 5.32 Å². The lowest BCUT2D eigenvalue weighted by atomic mass is 10.0. The molecule has 0 bridgehead atoms. The van der Waals surface area contributed by atoms with Crippen LogP contribution in [0.2, 0.25) is 0 Å². The summed E-state index contributed by atoms with van der Waals surface area (Å²) in [7, 11) is 0. The van der Waals surface area contributed by atoms with E-state index in [1.807, 2.05) is 27.7 Å². The fraction of sp³-hybridized carbons (Fsp3) is 0.900. The molecule has 1 amide bonds. The molecule has 78 valence electrons. The van der Waals surface area contributed by atoms with Gasteiger partial charge in [0.25, 0.3) is 0 Å². The Labute approximate surface area is 80.8 Å². The Morgan fingerprint density at radius 3 is 2.46 bits per heavy atom. The number of carbonyl (C=O) groups is 1. The van der Waals surface area contributed by atoms with Crippen molar-refractivity contribution in [1.29, 1.82) is 0 Å². The predicted octanol–water partition coefficient (Wildman–Crippen LogP) is 1.72. The smallest absolute Gasteiger partial charge is 0.220 e. The average molecular weight is 187 g/mol. The third kappa shape index (κ3) is 6.58. The zero-order chi connectivity index (χ0) is 10.3. The molecule has 0 atom stereocenters. The van der Waals surface area contributed by atoms with Crippen LogP contribution in [0, 0.1) is 0 Å². The van der Waals surface area contributed by atoms with E-state index in [0.717, 1.165) is 13.0 Å². The standard InChI is InChI=1S/C10H21NO2/c1-5-9(12)11-10(3,4)7-8-13-6-2/h5-8H2,1-4H3,(H,11,12). The summed E-state index contributed by atoms with van der Waals surface area (Å²) in [6.07, 6.45) is 1.39. The van der Waals surface area contributed by atoms with E-state index in [1.54, 1.807) is 0 Å². The molecule has 0 aromatic rings. The summed E-state index contributed by atoms with van der Waals surface area (Å²) >= 11 is 0. The summed E-state index contributed by atoms with van der Waals surface area (Å²) in [4.78, 5) is 11.1. The average Bonchev–Trinajstić information content (AvgIpc) is 2.03. The highest BCUT2D eigenvalue weighted by molar-refractivity contribution is 5.76. The van der Waals surface area contributed by atoms with Crippen molar-refractivity contribution in [3.05, 3.63) is 0 Å². The van der Waals surface area contributed by atoms with Gasteiger partial charge in [0.05, 0.1) is 0 Å². The molecule has 0 aliphatic heterocycles. The van der Waals surface area contributed by atoms with E-state index in [0.29, 0.717) is 13.0 Å². The molecular formula is C10H21NO2. The Morgan fingerprint density at radius 1 is 1.38 bits per heavy atom. The SMILES string of the molecule is CCOCCC(C)(C)NC(=O)CC. The molecule has 0 spiro atoms. The van der Waals surface area contributed by atoms with E-state index in [-0.39, 0.29) is 11.4 Å². The van der Waals surface area contributed by atoms with Crippen LogP contribution < -0.4 is 5.32 Å². The number of amides is 1. The Bertz CT molecular complexity index is 155. The van der Waals surface area contributed by atoms with Gasteiger partial charge in [0.1, 0.15) is 0 Å². The van der Waals surface area contributed by atoms with Crippen LogP contribution >= 0.6 is 0 Å². The van der Waals surface area contributed by atoms with Crippen molar-refractivity contribution in [2.45, 2.75) is 46.1 Å². The van der Waals surface area contributed by atoms with Gasteiger partial charge in [-0.05, 0) is 27.2 Å². The highest BCUT2D eigenvalue weighted by Gasteiger charge is 2.18. The van der Waals surface area contributed by atoms with Crippen LogP contribution in [0.3, 0.4) is 0 Å². The van der Waals surface area contributed by atoms with E-state index < -0.39 is 0 Å². The summed E-state index contributed by atoms with van der Waals surface area (Å²) < 4.78 is 5.23. The van der Waals surface area contributed by atoms with E-state index in [9.17, 15) is 4.79 Å². The number of ether oxygens (including phenoxy) is 1. The quantitative estimate of drug-likeness (QED) is 0.643.